The summed E-state index contributed by atoms with van der Waals surface area (Å²) in [6.45, 7) is 3.25. The second-order valence-electron chi connectivity index (χ2n) is 4.78. The molecule has 22 heavy (non-hydrogen) atoms. The molecule has 2 aromatic rings. The molecule has 0 atom stereocenters. The van der Waals surface area contributed by atoms with E-state index in [1.807, 2.05) is 6.07 Å². The summed E-state index contributed by atoms with van der Waals surface area (Å²) < 4.78 is 13.5. The largest absolute Gasteiger partial charge is 0.356 e. The average molecular weight is 320 g/mol. The van der Waals surface area contributed by atoms with E-state index >= 15 is 0 Å². The SMILES string of the molecule is CCc1nc(CCNC(=NC)NCc2ccccc2F)cs1. The average Bonchev–Trinajstić information content (AvgIpc) is 3.00. The lowest BCUT2D eigenvalue weighted by atomic mass is 10.2. The van der Waals surface area contributed by atoms with Gasteiger partial charge in [-0.3, -0.25) is 4.99 Å². The van der Waals surface area contributed by atoms with E-state index < -0.39 is 0 Å². The number of nitrogens with zero attached hydrogens (tertiary/aromatic N) is 2. The number of aromatic nitrogens is 1. The number of benzene rings is 1. The maximum Gasteiger partial charge on any atom is 0.191 e. The minimum Gasteiger partial charge on any atom is -0.356 e. The van der Waals surface area contributed by atoms with E-state index in [2.05, 4.69) is 32.9 Å². The summed E-state index contributed by atoms with van der Waals surface area (Å²) in [5.74, 6) is 0.453. The molecule has 0 saturated heterocycles. The highest BCUT2D eigenvalue weighted by Gasteiger charge is 2.04. The minimum absolute atomic E-state index is 0.208. The van der Waals surface area contributed by atoms with Gasteiger partial charge in [-0.1, -0.05) is 25.1 Å². The molecule has 1 aromatic heterocycles. The second-order valence-corrected chi connectivity index (χ2v) is 5.72. The zero-order valence-corrected chi connectivity index (χ0v) is 13.7. The molecule has 2 rings (SSSR count). The van der Waals surface area contributed by atoms with Crippen molar-refractivity contribution in [3.8, 4) is 0 Å². The Hall–Kier alpha value is -1.95. The Morgan fingerprint density at radius 1 is 1.32 bits per heavy atom. The van der Waals surface area contributed by atoms with Gasteiger partial charge in [-0.2, -0.15) is 0 Å². The smallest absolute Gasteiger partial charge is 0.191 e. The topological polar surface area (TPSA) is 49.3 Å². The fourth-order valence-corrected chi connectivity index (χ4v) is 2.76. The van der Waals surface area contributed by atoms with Crippen LogP contribution in [0.15, 0.2) is 34.6 Å². The molecule has 0 aliphatic carbocycles. The monoisotopic (exact) mass is 320 g/mol. The standard InChI is InChI=1S/C16H21FN4S/c1-3-15-21-13(11-22-15)8-9-19-16(18-2)20-10-12-6-4-5-7-14(12)17/h4-7,11H,3,8-10H2,1-2H3,(H2,18,19,20). The number of guanidine groups is 1. The predicted molar refractivity (Wildman–Crippen MR) is 89.8 cm³/mol. The van der Waals surface area contributed by atoms with Gasteiger partial charge >= 0.3 is 0 Å². The van der Waals surface area contributed by atoms with Crippen molar-refractivity contribution in [1.29, 1.82) is 0 Å². The van der Waals surface area contributed by atoms with Crippen LogP contribution in [0.2, 0.25) is 0 Å². The lowest BCUT2D eigenvalue weighted by Crippen LogP contribution is -2.38. The lowest BCUT2D eigenvalue weighted by Gasteiger charge is -2.11. The molecular weight excluding hydrogens is 299 g/mol. The van der Waals surface area contributed by atoms with Crippen LogP contribution >= 0.6 is 11.3 Å². The van der Waals surface area contributed by atoms with Crippen molar-refractivity contribution in [2.45, 2.75) is 26.3 Å². The van der Waals surface area contributed by atoms with Crippen molar-refractivity contribution in [3.05, 3.63) is 51.7 Å². The maximum atomic E-state index is 13.5. The molecule has 6 heteroatoms. The first-order valence-corrected chi connectivity index (χ1v) is 8.22. The van der Waals surface area contributed by atoms with Crippen molar-refractivity contribution >= 4 is 17.3 Å². The Balaban J connectivity index is 1.77. The molecule has 1 aromatic carbocycles. The van der Waals surface area contributed by atoms with Crippen LogP contribution < -0.4 is 10.6 Å². The third kappa shape index (κ3) is 4.80. The molecule has 0 radical (unpaired) electrons. The molecule has 0 amide bonds. The fourth-order valence-electron chi connectivity index (χ4n) is 1.98. The van der Waals surface area contributed by atoms with Crippen LogP contribution in [0.1, 0.15) is 23.2 Å². The van der Waals surface area contributed by atoms with E-state index in [0.717, 1.165) is 30.1 Å². The van der Waals surface area contributed by atoms with Gasteiger partial charge in [0.25, 0.3) is 0 Å². The summed E-state index contributed by atoms with van der Waals surface area (Å²) in [7, 11) is 1.70. The summed E-state index contributed by atoms with van der Waals surface area (Å²) in [5, 5.41) is 9.58. The van der Waals surface area contributed by atoms with Gasteiger partial charge in [-0.25, -0.2) is 9.37 Å². The number of rotatable bonds is 6. The van der Waals surface area contributed by atoms with E-state index in [-0.39, 0.29) is 5.82 Å². The van der Waals surface area contributed by atoms with Crippen LogP contribution in [0.5, 0.6) is 0 Å². The van der Waals surface area contributed by atoms with Crippen LogP contribution in [0.4, 0.5) is 4.39 Å². The fraction of sp³-hybridized carbons (Fsp3) is 0.375. The summed E-state index contributed by atoms with van der Waals surface area (Å²) in [6, 6.07) is 6.73. The Labute approximate surface area is 134 Å². The molecule has 0 spiro atoms. The van der Waals surface area contributed by atoms with Crippen LogP contribution in [0.3, 0.4) is 0 Å². The van der Waals surface area contributed by atoms with E-state index in [1.54, 1.807) is 30.5 Å². The number of halogens is 1. The number of nitrogens with one attached hydrogen (secondary N) is 2. The molecule has 0 unspecified atom stereocenters. The zero-order chi connectivity index (χ0) is 15.8. The number of hydrogen-bond donors (Lipinski definition) is 2. The van der Waals surface area contributed by atoms with Crippen molar-refractivity contribution in [1.82, 2.24) is 15.6 Å². The first-order chi connectivity index (χ1) is 10.7. The molecule has 0 saturated carbocycles. The highest BCUT2D eigenvalue weighted by Crippen LogP contribution is 2.10. The van der Waals surface area contributed by atoms with Crippen molar-refractivity contribution in [2.75, 3.05) is 13.6 Å². The molecule has 1 heterocycles. The summed E-state index contributed by atoms with van der Waals surface area (Å²) in [4.78, 5) is 8.66. The van der Waals surface area contributed by atoms with Gasteiger partial charge in [0.15, 0.2) is 5.96 Å². The van der Waals surface area contributed by atoms with Gasteiger partial charge in [0.05, 0.1) is 10.7 Å². The van der Waals surface area contributed by atoms with Gasteiger partial charge in [-0.15, -0.1) is 11.3 Å². The van der Waals surface area contributed by atoms with Crippen molar-refractivity contribution < 1.29 is 4.39 Å². The molecule has 0 bridgehead atoms. The highest BCUT2D eigenvalue weighted by molar-refractivity contribution is 7.09. The first kappa shape index (κ1) is 16.4. The summed E-state index contributed by atoms with van der Waals surface area (Å²) in [5.41, 5.74) is 1.72. The number of thiazole rings is 1. The van der Waals surface area contributed by atoms with Crippen LogP contribution in [-0.2, 0) is 19.4 Å². The van der Waals surface area contributed by atoms with Gasteiger partial charge in [0.2, 0.25) is 0 Å². The van der Waals surface area contributed by atoms with E-state index in [4.69, 9.17) is 0 Å². The van der Waals surface area contributed by atoms with Crippen molar-refractivity contribution in [2.24, 2.45) is 4.99 Å². The van der Waals surface area contributed by atoms with E-state index in [0.29, 0.717) is 18.1 Å². The second kappa shape index (κ2) is 8.48. The molecule has 2 N–H and O–H groups in total. The Kier molecular flexibility index (Phi) is 6.33. The van der Waals surface area contributed by atoms with Gasteiger partial charge in [0.1, 0.15) is 5.82 Å². The molecular formula is C16H21FN4S. The van der Waals surface area contributed by atoms with Crippen LogP contribution in [-0.4, -0.2) is 24.5 Å². The summed E-state index contributed by atoms with van der Waals surface area (Å²) >= 11 is 1.70. The highest BCUT2D eigenvalue weighted by atomic mass is 32.1. The van der Waals surface area contributed by atoms with E-state index in [1.165, 1.54) is 6.07 Å². The molecule has 0 aliphatic heterocycles. The Bertz CT molecular complexity index is 624. The van der Waals surface area contributed by atoms with Gasteiger partial charge in [0, 0.05) is 37.5 Å². The number of hydrogen-bond acceptors (Lipinski definition) is 3. The third-order valence-corrected chi connectivity index (χ3v) is 4.25. The Morgan fingerprint density at radius 3 is 2.82 bits per heavy atom. The van der Waals surface area contributed by atoms with Gasteiger partial charge < -0.3 is 10.6 Å². The number of aryl methyl sites for hydroxylation is 1. The quantitative estimate of drug-likeness (QED) is 0.635. The molecule has 0 aliphatic rings. The van der Waals surface area contributed by atoms with E-state index in [9.17, 15) is 4.39 Å². The summed E-state index contributed by atoms with van der Waals surface area (Å²) in [6.07, 6.45) is 1.82. The zero-order valence-electron chi connectivity index (χ0n) is 12.9. The lowest BCUT2D eigenvalue weighted by molar-refractivity contribution is 0.604. The van der Waals surface area contributed by atoms with Crippen LogP contribution in [0, 0.1) is 5.82 Å². The molecule has 118 valence electrons. The Morgan fingerprint density at radius 2 is 2.14 bits per heavy atom. The van der Waals surface area contributed by atoms with Crippen LogP contribution in [0.25, 0.3) is 0 Å². The number of aliphatic imine (C=N–C) groups is 1. The predicted octanol–water partition coefficient (Wildman–Crippen LogP) is 2.75. The molecule has 4 nitrogen and oxygen atoms in total. The maximum absolute atomic E-state index is 13.5. The first-order valence-electron chi connectivity index (χ1n) is 7.34. The third-order valence-electron chi connectivity index (χ3n) is 3.20. The normalized spacial score (nSPS) is 11.5. The minimum atomic E-state index is -0.208. The molecule has 0 fully saturated rings. The van der Waals surface area contributed by atoms with Crippen molar-refractivity contribution in [3.63, 3.8) is 0 Å². The van der Waals surface area contributed by atoms with Gasteiger partial charge in [-0.05, 0) is 12.5 Å².